The van der Waals surface area contributed by atoms with Crippen molar-refractivity contribution in [3.63, 3.8) is 0 Å². The predicted octanol–water partition coefficient (Wildman–Crippen LogP) is 1.80. The second-order valence-corrected chi connectivity index (χ2v) is 4.70. The molecule has 1 aromatic heterocycles. The molecule has 0 saturated carbocycles. The van der Waals surface area contributed by atoms with Crippen LogP contribution in [-0.4, -0.2) is 18.6 Å². The molecule has 2 aromatic rings. The molecular formula is C12H17N3O2. The number of benzene rings is 1. The van der Waals surface area contributed by atoms with Crippen LogP contribution in [-0.2, 0) is 0 Å². The second-order valence-electron chi connectivity index (χ2n) is 4.70. The number of hydrogen-bond donors (Lipinski definition) is 2. The van der Waals surface area contributed by atoms with E-state index in [4.69, 9.17) is 10.2 Å². The minimum absolute atomic E-state index is 0.455. The SMILES string of the molecule is CC(C)CN(C)c1cc2[nH]c(=O)oc2cc1N. The maximum absolute atomic E-state index is 11.1. The van der Waals surface area contributed by atoms with E-state index in [1.807, 2.05) is 13.1 Å². The molecule has 0 amide bonds. The highest BCUT2D eigenvalue weighted by Gasteiger charge is 2.11. The number of aromatic amines is 1. The molecule has 0 unspecified atom stereocenters. The summed E-state index contributed by atoms with van der Waals surface area (Å²) < 4.78 is 4.95. The van der Waals surface area contributed by atoms with E-state index in [9.17, 15) is 4.79 Å². The molecule has 5 nitrogen and oxygen atoms in total. The summed E-state index contributed by atoms with van der Waals surface area (Å²) in [5, 5.41) is 0. The third-order valence-electron chi connectivity index (χ3n) is 2.62. The van der Waals surface area contributed by atoms with Crippen LogP contribution in [0.15, 0.2) is 21.3 Å². The highest BCUT2D eigenvalue weighted by Crippen LogP contribution is 2.27. The summed E-state index contributed by atoms with van der Waals surface area (Å²) in [6.07, 6.45) is 0. The molecule has 0 fully saturated rings. The van der Waals surface area contributed by atoms with Gasteiger partial charge in [-0.05, 0) is 12.0 Å². The monoisotopic (exact) mass is 235 g/mol. The third-order valence-corrected chi connectivity index (χ3v) is 2.62. The van der Waals surface area contributed by atoms with Crippen molar-refractivity contribution in [3.05, 3.63) is 22.7 Å². The van der Waals surface area contributed by atoms with Gasteiger partial charge in [0, 0.05) is 19.7 Å². The van der Waals surface area contributed by atoms with Gasteiger partial charge in [-0.25, -0.2) is 4.79 Å². The Bertz CT molecular complexity index is 583. The van der Waals surface area contributed by atoms with Gasteiger partial charge in [-0.15, -0.1) is 0 Å². The zero-order valence-electron chi connectivity index (χ0n) is 10.3. The zero-order valence-corrected chi connectivity index (χ0v) is 10.3. The minimum atomic E-state index is -0.455. The Balaban J connectivity index is 2.46. The Morgan fingerprint density at radius 2 is 2.18 bits per heavy atom. The summed E-state index contributed by atoms with van der Waals surface area (Å²) in [7, 11) is 1.98. The smallest absolute Gasteiger partial charge is 0.408 e. The molecule has 17 heavy (non-hydrogen) atoms. The number of nitrogens with zero attached hydrogens (tertiary/aromatic N) is 1. The van der Waals surface area contributed by atoms with Gasteiger partial charge in [-0.1, -0.05) is 13.8 Å². The van der Waals surface area contributed by atoms with Crippen LogP contribution in [0.1, 0.15) is 13.8 Å². The number of nitrogens with one attached hydrogen (secondary N) is 1. The highest BCUT2D eigenvalue weighted by atomic mass is 16.4. The number of anilines is 2. The first-order valence-corrected chi connectivity index (χ1v) is 5.61. The number of nitrogens with two attached hydrogens (primary N) is 1. The zero-order chi connectivity index (χ0) is 12.6. The number of aromatic nitrogens is 1. The van der Waals surface area contributed by atoms with Crippen LogP contribution in [0, 0.1) is 5.92 Å². The van der Waals surface area contributed by atoms with Crippen molar-refractivity contribution in [1.29, 1.82) is 0 Å². The average Bonchev–Trinajstić information content (AvgIpc) is 2.54. The number of fused-ring (bicyclic) bond motifs is 1. The highest BCUT2D eigenvalue weighted by molar-refractivity contribution is 5.85. The lowest BCUT2D eigenvalue weighted by atomic mass is 10.1. The molecule has 1 aromatic carbocycles. The van der Waals surface area contributed by atoms with Gasteiger partial charge in [0.25, 0.3) is 0 Å². The maximum Gasteiger partial charge on any atom is 0.417 e. The van der Waals surface area contributed by atoms with Gasteiger partial charge < -0.3 is 15.1 Å². The van der Waals surface area contributed by atoms with Gasteiger partial charge in [0.2, 0.25) is 0 Å². The lowest BCUT2D eigenvalue weighted by Gasteiger charge is -2.22. The maximum atomic E-state index is 11.1. The molecule has 0 radical (unpaired) electrons. The number of oxazole rings is 1. The molecule has 0 atom stereocenters. The number of nitrogen functional groups attached to an aromatic ring is 1. The standard InChI is InChI=1S/C12H17N3O2/c1-7(2)6-15(3)10-5-9-11(4-8(10)13)17-12(16)14-9/h4-5,7H,6,13H2,1-3H3,(H,14,16). The quantitative estimate of drug-likeness (QED) is 0.795. The van der Waals surface area contributed by atoms with E-state index in [2.05, 4.69) is 23.7 Å². The van der Waals surface area contributed by atoms with Crippen molar-refractivity contribution in [2.75, 3.05) is 24.2 Å². The topological polar surface area (TPSA) is 75.3 Å². The van der Waals surface area contributed by atoms with Gasteiger partial charge >= 0.3 is 5.76 Å². The normalized spacial score (nSPS) is 11.3. The molecule has 0 spiro atoms. The molecule has 92 valence electrons. The van der Waals surface area contributed by atoms with E-state index in [-0.39, 0.29) is 0 Å². The third kappa shape index (κ3) is 2.27. The van der Waals surface area contributed by atoms with Crippen molar-refractivity contribution in [3.8, 4) is 0 Å². The molecule has 0 bridgehead atoms. The van der Waals surface area contributed by atoms with Crippen LogP contribution in [0.3, 0.4) is 0 Å². The van der Waals surface area contributed by atoms with Crippen molar-refractivity contribution in [2.45, 2.75) is 13.8 Å². The Kier molecular flexibility index (Phi) is 2.83. The number of hydrogen-bond acceptors (Lipinski definition) is 4. The van der Waals surface area contributed by atoms with Crippen LogP contribution in [0.5, 0.6) is 0 Å². The van der Waals surface area contributed by atoms with Crippen LogP contribution in [0.25, 0.3) is 11.1 Å². The van der Waals surface area contributed by atoms with Crippen LogP contribution in [0.4, 0.5) is 11.4 Å². The molecule has 0 aliphatic rings. The summed E-state index contributed by atoms with van der Waals surface area (Å²) in [5.41, 5.74) is 8.65. The van der Waals surface area contributed by atoms with Gasteiger partial charge in [0.05, 0.1) is 16.9 Å². The van der Waals surface area contributed by atoms with E-state index in [0.29, 0.717) is 22.7 Å². The minimum Gasteiger partial charge on any atom is -0.408 e. The molecule has 1 heterocycles. The summed E-state index contributed by atoms with van der Waals surface area (Å²) >= 11 is 0. The van der Waals surface area contributed by atoms with Crippen molar-refractivity contribution < 1.29 is 4.42 Å². The summed E-state index contributed by atoms with van der Waals surface area (Å²) in [6.45, 7) is 5.19. The van der Waals surface area contributed by atoms with E-state index in [0.717, 1.165) is 12.2 Å². The summed E-state index contributed by atoms with van der Waals surface area (Å²) in [4.78, 5) is 15.8. The number of rotatable bonds is 3. The van der Waals surface area contributed by atoms with Gasteiger partial charge in [-0.3, -0.25) is 4.98 Å². The summed E-state index contributed by atoms with van der Waals surface area (Å²) in [5.74, 6) is 0.0848. The van der Waals surface area contributed by atoms with Crippen LogP contribution >= 0.6 is 0 Å². The Morgan fingerprint density at radius 1 is 1.47 bits per heavy atom. The first-order valence-electron chi connectivity index (χ1n) is 5.61. The van der Waals surface area contributed by atoms with Crippen molar-refractivity contribution in [2.24, 2.45) is 5.92 Å². The molecule has 0 saturated heterocycles. The Labute approximate surface area is 99.2 Å². The van der Waals surface area contributed by atoms with Gasteiger partial charge in [0.15, 0.2) is 5.58 Å². The number of H-pyrrole nitrogens is 1. The molecule has 2 rings (SSSR count). The van der Waals surface area contributed by atoms with E-state index >= 15 is 0 Å². The first kappa shape index (κ1) is 11.6. The molecule has 0 aliphatic carbocycles. The molecular weight excluding hydrogens is 218 g/mol. The van der Waals surface area contributed by atoms with E-state index in [1.165, 1.54) is 0 Å². The van der Waals surface area contributed by atoms with Crippen molar-refractivity contribution >= 4 is 22.5 Å². The fourth-order valence-electron chi connectivity index (χ4n) is 1.98. The Hall–Kier alpha value is -1.91. The largest absolute Gasteiger partial charge is 0.417 e. The van der Waals surface area contributed by atoms with Crippen LogP contribution < -0.4 is 16.4 Å². The molecule has 3 N–H and O–H groups in total. The van der Waals surface area contributed by atoms with E-state index < -0.39 is 5.76 Å². The second kappa shape index (κ2) is 4.16. The molecule has 5 heteroatoms. The lowest BCUT2D eigenvalue weighted by molar-refractivity contribution is 0.555. The molecule has 0 aliphatic heterocycles. The fourth-order valence-corrected chi connectivity index (χ4v) is 1.98. The van der Waals surface area contributed by atoms with Gasteiger partial charge in [0.1, 0.15) is 0 Å². The average molecular weight is 235 g/mol. The van der Waals surface area contributed by atoms with Gasteiger partial charge in [-0.2, -0.15) is 0 Å². The first-order chi connectivity index (χ1) is 7.97. The predicted molar refractivity (Wildman–Crippen MR) is 69.4 cm³/mol. The van der Waals surface area contributed by atoms with Crippen LogP contribution in [0.2, 0.25) is 0 Å². The lowest BCUT2D eigenvalue weighted by Crippen LogP contribution is -2.23. The van der Waals surface area contributed by atoms with E-state index in [1.54, 1.807) is 6.07 Å². The van der Waals surface area contributed by atoms with Crippen molar-refractivity contribution in [1.82, 2.24) is 4.98 Å². The Morgan fingerprint density at radius 3 is 2.82 bits per heavy atom. The summed E-state index contributed by atoms with van der Waals surface area (Å²) in [6, 6.07) is 3.53. The fraction of sp³-hybridized carbons (Fsp3) is 0.417.